The molecule has 1 unspecified atom stereocenters. The summed E-state index contributed by atoms with van der Waals surface area (Å²) in [6.45, 7) is 1.89. The second-order valence-corrected chi connectivity index (χ2v) is 6.68. The summed E-state index contributed by atoms with van der Waals surface area (Å²) in [6.07, 6.45) is 3.07. The van der Waals surface area contributed by atoms with Crippen molar-refractivity contribution in [3.05, 3.63) is 30.1 Å². The first kappa shape index (κ1) is 16.0. The Labute approximate surface area is 119 Å². The summed E-state index contributed by atoms with van der Waals surface area (Å²) in [5, 5.41) is 0. The number of nitrogens with zero attached hydrogens (tertiary/aromatic N) is 1. The highest BCUT2D eigenvalue weighted by molar-refractivity contribution is 7.89. The molecule has 0 aliphatic carbocycles. The molecule has 1 aromatic heterocycles. The van der Waals surface area contributed by atoms with Gasteiger partial charge in [0.2, 0.25) is 10.0 Å². The zero-order valence-corrected chi connectivity index (χ0v) is 12.5. The summed E-state index contributed by atoms with van der Waals surface area (Å²) in [6, 6.07) is 5.21. The van der Waals surface area contributed by atoms with Crippen LogP contribution in [0, 0.1) is 0 Å². The van der Waals surface area contributed by atoms with Crippen LogP contribution in [-0.2, 0) is 16.4 Å². The van der Waals surface area contributed by atoms with Gasteiger partial charge >= 0.3 is 0 Å². The van der Waals surface area contributed by atoms with Crippen LogP contribution in [0.15, 0.2) is 24.4 Å². The van der Waals surface area contributed by atoms with Crippen LogP contribution in [0.1, 0.15) is 25.5 Å². The highest BCUT2D eigenvalue weighted by Crippen LogP contribution is 2.03. The molecule has 0 aromatic carbocycles. The van der Waals surface area contributed by atoms with Gasteiger partial charge in [0.25, 0.3) is 0 Å². The van der Waals surface area contributed by atoms with E-state index in [1.165, 1.54) is 0 Å². The number of sulfonamides is 1. The van der Waals surface area contributed by atoms with Gasteiger partial charge in [-0.3, -0.25) is 4.98 Å². The zero-order chi connectivity index (χ0) is 14.3. The van der Waals surface area contributed by atoms with E-state index in [0.29, 0.717) is 24.3 Å². The molecule has 1 atom stereocenters. The Morgan fingerprint density at radius 3 is 2.79 bits per heavy atom. The molecule has 5 nitrogen and oxygen atoms in total. The molecule has 0 spiro atoms. The van der Waals surface area contributed by atoms with Gasteiger partial charge in [-0.1, -0.05) is 25.2 Å². The van der Waals surface area contributed by atoms with Crippen molar-refractivity contribution in [2.45, 2.75) is 32.2 Å². The molecule has 0 fully saturated rings. The van der Waals surface area contributed by atoms with Gasteiger partial charge in [-0.15, -0.1) is 0 Å². The van der Waals surface area contributed by atoms with Crippen molar-refractivity contribution in [2.75, 3.05) is 5.75 Å². The van der Waals surface area contributed by atoms with Crippen LogP contribution in [0.2, 0.25) is 0 Å². The first-order chi connectivity index (χ1) is 8.93. The Kier molecular flexibility index (Phi) is 6.33. The minimum Gasteiger partial charge on any atom is -0.393 e. The topological polar surface area (TPSA) is 85.1 Å². The van der Waals surface area contributed by atoms with E-state index in [1.807, 2.05) is 19.1 Å². The zero-order valence-electron chi connectivity index (χ0n) is 10.9. The van der Waals surface area contributed by atoms with E-state index >= 15 is 0 Å². The van der Waals surface area contributed by atoms with Gasteiger partial charge in [0.05, 0.1) is 10.7 Å². The second kappa shape index (κ2) is 7.52. The highest BCUT2D eigenvalue weighted by atomic mass is 32.2. The van der Waals surface area contributed by atoms with E-state index in [2.05, 4.69) is 9.71 Å². The minimum absolute atomic E-state index is 0.0118. The van der Waals surface area contributed by atoms with E-state index in [0.717, 1.165) is 5.69 Å². The molecule has 0 radical (unpaired) electrons. The molecule has 7 heteroatoms. The maximum absolute atomic E-state index is 11.9. The van der Waals surface area contributed by atoms with Crippen molar-refractivity contribution in [3.8, 4) is 0 Å². The predicted octanol–water partition coefficient (Wildman–Crippen LogP) is 0.998. The maximum atomic E-state index is 11.9. The molecule has 0 aliphatic heterocycles. The molecule has 106 valence electrons. The van der Waals surface area contributed by atoms with Crippen molar-refractivity contribution < 1.29 is 8.42 Å². The normalized spacial score (nSPS) is 13.1. The van der Waals surface area contributed by atoms with Crippen molar-refractivity contribution in [1.29, 1.82) is 0 Å². The van der Waals surface area contributed by atoms with Crippen LogP contribution in [-0.4, -0.2) is 30.2 Å². The number of aromatic nitrogens is 1. The average Bonchev–Trinajstić information content (AvgIpc) is 2.36. The Bertz CT molecular complexity index is 503. The summed E-state index contributed by atoms with van der Waals surface area (Å²) in [7, 11) is -3.34. The molecule has 19 heavy (non-hydrogen) atoms. The molecule has 0 saturated carbocycles. The Morgan fingerprint density at radius 1 is 1.53 bits per heavy atom. The van der Waals surface area contributed by atoms with Crippen LogP contribution in [0.3, 0.4) is 0 Å². The lowest BCUT2D eigenvalue weighted by atomic mass is 10.2. The number of pyridine rings is 1. The van der Waals surface area contributed by atoms with Crippen LogP contribution in [0.5, 0.6) is 0 Å². The molecule has 1 aromatic rings. The smallest absolute Gasteiger partial charge is 0.212 e. The lowest BCUT2D eigenvalue weighted by Gasteiger charge is -2.16. The van der Waals surface area contributed by atoms with E-state index < -0.39 is 10.0 Å². The first-order valence-corrected chi connectivity index (χ1v) is 8.17. The monoisotopic (exact) mass is 301 g/mol. The molecule has 1 rings (SSSR count). The number of aryl methyl sites for hydroxylation is 1. The third kappa shape index (κ3) is 6.60. The van der Waals surface area contributed by atoms with Gasteiger partial charge < -0.3 is 5.73 Å². The molecule has 0 bridgehead atoms. The average molecular weight is 301 g/mol. The molecule has 1 heterocycles. The molecule has 0 amide bonds. The summed E-state index contributed by atoms with van der Waals surface area (Å²) in [5.74, 6) is 0.0118. The second-order valence-electron chi connectivity index (χ2n) is 4.28. The fourth-order valence-corrected chi connectivity index (χ4v) is 3.16. The third-order valence-corrected chi connectivity index (χ3v) is 4.24. The number of nitrogens with two attached hydrogens (primary N) is 1. The van der Waals surface area contributed by atoms with Gasteiger partial charge in [0, 0.05) is 30.8 Å². The number of thiocarbonyl (C=S) groups is 1. The SMILES string of the molecule is CCC(CC(N)=S)NS(=O)(=O)CCc1ccccn1. The predicted molar refractivity (Wildman–Crippen MR) is 80.3 cm³/mol. The maximum Gasteiger partial charge on any atom is 0.212 e. The number of hydrogen-bond acceptors (Lipinski definition) is 4. The Balaban J connectivity index is 2.53. The lowest BCUT2D eigenvalue weighted by molar-refractivity contribution is 0.545. The van der Waals surface area contributed by atoms with Crippen LogP contribution in [0.25, 0.3) is 0 Å². The fourth-order valence-electron chi connectivity index (χ4n) is 1.61. The molecule has 0 aliphatic rings. The van der Waals surface area contributed by atoms with Gasteiger partial charge in [-0.05, 0) is 18.6 Å². The van der Waals surface area contributed by atoms with Crippen molar-refractivity contribution in [3.63, 3.8) is 0 Å². The van der Waals surface area contributed by atoms with E-state index in [9.17, 15) is 8.42 Å². The summed E-state index contributed by atoms with van der Waals surface area (Å²) in [5.41, 5.74) is 6.20. The summed E-state index contributed by atoms with van der Waals surface area (Å²) < 4.78 is 26.5. The van der Waals surface area contributed by atoms with Crippen molar-refractivity contribution in [2.24, 2.45) is 5.73 Å². The summed E-state index contributed by atoms with van der Waals surface area (Å²) in [4.78, 5) is 4.42. The van der Waals surface area contributed by atoms with E-state index in [-0.39, 0.29) is 11.8 Å². The lowest BCUT2D eigenvalue weighted by Crippen LogP contribution is -2.38. The summed E-state index contributed by atoms with van der Waals surface area (Å²) >= 11 is 4.80. The third-order valence-electron chi connectivity index (χ3n) is 2.64. The first-order valence-electron chi connectivity index (χ1n) is 6.11. The van der Waals surface area contributed by atoms with Crippen molar-refractivity contribution in [1.82, 2.24) is 9.71 Å². The number of rotatable bonds is 8. The van der Waals surface area contributed by atoms with Crippen LogP contribution >= 0.6 is 12.2 Å². The van der Waals surface area contributed by atoms with E-state index in [4.69, 9.17) is 18.0 Å². The van der Waals surface area contributed by atoms with Gasteiger partial charge in [0.1, 0.15) is 0 Å². The van der Waals surface area contributed by atoms with E-state index in [1.54, 1.807) is 12.3 Å². The molecular formula is C12H19N3O2S2. The quantitative estimate of drug-likeness (QED) is 0.700. The van der Waals surface area contributed by atoms with Gasteiger partial charge in [0.15, 0.2) is 0 Å². The molecule has 0 saturated heterocycles. The standard InChI is InChI=1S/C12H19N3O2S2/c1-2-10(9-12(13)18)15-19(16,17)8-6-11-5-3-4-7-14-11/h3-5,7,10,15H,2,6,8-9H2,1H3,(H2,13,18). The Morgan fingerprint density at radius 2 is 2.26 bits per heavy atom. The molecule has 3 N–H and O–H groups in total. The van der Waals surface area contributed by atoms with Crippen molar-refractivity contribution >= 4 is 27.2 Å². The fraction of sp³-hybridized carbons (Fsp3) is 0.500. The number of nitrogens with one attached hydrogen (secondary N) is 1. The van der Waals surface area contributed by atoms with Crippen LogP contribution < -0.4 is 10.5 Å². The van der Waals surface area contributed by atoms with Gasteiger partial charge in [-0.2, -0.15) is 0 Å². The van der Waals surface area contributed by atoms with Gasteiger partial charge in [-0.25, -0.2) is 13.1 Å². The minimum atomic E-state index is -3.34. The molecular weight excluding hydrogens is 282 g/mol. The number of hydrogen-bond donors (Lipinski definition) is 2. The largest absolute Gasteiger partial charge is 0.393 e. The highest BCUT2D eigenvalue weighted by Gasteiger charge is 2.17. The van der Waals surface area contributed by atoms with Crippen LogP contribution in [0.4, 0.5) is 0 Å². The Hall–Kier alpha value is -1.05.